The zero-order valence-corrected chi connectivity index (χ0v) is 21.7. The number of pyridine rings is 1. The van der Waals surface area contributed by atoms with E-state index in [0.29, 0.717) is 35.8 Å². The summed E-state index contributed by atoms with van der Waals surface area (Å²) in [6.07, 6.45) is 3.80. The van der Waals surface area contributed by atoms with E-state index in [0.717, 1.165) is 17.0 Å². The Labute approximate surface area is 221 Å². The number of carbonyl (C=O) groups excluding carboxylic acids is 1. The molecule has 1 aromatic carbocycles. The van der Waals surface area contributed by atoms with Crippen LogP contribution in [0.15, 0.2) is 75.5 Å². The quantitative estimate of drug-likeness (QED) is 0.104. The molecule has 0 aliphatic rings. The number of aliphatic imine (C=N–C) groups is 1. The Morgan fingerprint density at radius 2 is 2.00 bits per heavy atom. The number of rotatable bonds is 10. The van der Waals surface area contributed by atoms with Crippen LogP contribution in [0.1, 0.15) is 38.2 Å². The van der Waals surface area contributed by atoms with Crippen molar-refractivity contribution in [2.24, 2.45) is 10.7 Å². The number of benzene rings is 1. The number of thiazole rings is 1. The largest absolute Gasteiger partial charge is 0.370 e. The van der Waals surface area contributed by atoms with E-state index in [-0.39, 0.29) is 16.9 Å². The molecule has 1 amide bonds. The first-order valence-corrected chi connectivity index (χ1v) is 13.4. The highest BCUT2D eigenvalue weighted by Gasteiger charge is 2.16. The van der Waals surface area contributed by atoms with E-state index < -0.39 is 5.91 Å². The first-order chi connectivity index (χ1) is 18.0. The number of aryl methyl sites for hydroxylation is 1. The van der Waals surface area contributed by atoms with E-state index >= 15 is 0 Å². The monoisotopic (exact) mass is 534 g/mol. The molecule has 3 aromatic heterocycles. The Balaban J connectivity index is 1.31. The number of carbonyl (C=O) groups is 1. The lowest BCUT2D eigenvalue weighted by Gasteiger charge is -2.17. The Bertz CT molecular complexity index is 1390. The molecule has 10 nitrogen and oxygen atoms in total. The molecule has 1 atom stereocenters. The highest BCUT2D eigenvalue weighted by Crippen LogP contribution is 2.25. The molecule has 0 saturated heterocycles. The molecule has 0 fully saturated rings. The number of thioether (sulfide) groups is 1. The molecule has 12 heteroatoms. The minimum Gasteiger partial charge on any atom is -0.370 e. The second kappa shape index (κ2) is 12.8. The summed E-state index contributed by atoms with van der Waals surface area (Å²) in [6, 6.07) is 12.6. The average Bonchev–Trinajstić information content (AvgIpc) is 3.44. The van der Waals surface area contributed by atoms with Crippen LogP contribution in [0.2, 0.25) is 0 Å². The van der Waals surface area contributed by atoms with Crippen LogP contribution in [-0.2, 0) is 6.42 Å². The third-order valence-corrected chi connectivity index (χ3v) is 6.90. The number of aromatic nitrogens is 4. The topological polar surface area (TPSA) is 151 Å². The summed E-state index contributed by atoms with van der Waals surface area (Å²) in [5.74, 6) is 0.614. The number of anilines is 1. The highest BCUT2D eigenvalue weighted by atomic mass is 32.2. The Kier molecular flexibility index (Phi) is 9.00. The van der Waals surface area contributed by atoms with Crippen molar-refractivity contribution in [2.75, 3.05) is 17.6 Å². The molecular weight excluding hydrogens is 508 g/mol. The summed E-state index contributed by atoms with van der Waals surface area (Å²) in [6.45, 7) is 2.44. The number of aromatic amines is 1. The van der Waals surface area contributed by atoms with Crippen LogP contribution in [-0.4, -0.2) is 44.1 Å². The molecule has 3 heterocycles. The summed E-state index contributed by atoms with van der Waals surface area (Å²) in [5.41, 5.74) is 11.2. The molecule has 0 bridgehead atoms. The van der Waals surface area contributed by atoms with Gasteiger partial charge in [-0.1, -0.05) is 24.3 Å². The fourth-order valence-electron chi connectivity index (χ4n) is 3.28. The number of hydrogen-bond donors (Lipinski definition) is 4. The van der Waals surface area contributed by atoms with Gasteiger partial charge in [0.1, 0.15) is 5.37 Å². The molecule has 5 N–H and O–H groups in total. The van der Waals surface area contributed by atoms with Gasteiger partial charge in [-0.25, -0.2) is 9.97 Å². The maximum Gasteiger partial charge on any atom is 0.280 e. The molecule has 190 valence electrons. The lowest BCUT2D eigenvalue weighted by atomic mass is 10.1. The van der Waals surface area contributed by atoms with Gasteiger partial charge in [0.15, 0.2) is 5.96 Å². The van der Waals surface area contributed by atoms with Gasteiger partial charge in [0.25, 0.3) is 11.5 Å². The van der Waals surface area contributed by atoms with Crippen molar-refractivity contribution in [3.05, 3.63) is 104 Å². The van der Waals surface area contributed by atoms with Crippen molar-refractivity contribution >= 4 is 40.9 Å². The minimum atomic E-state index is -0.425. The van der Waals surface area contributed by atoms with Gasteiger partial charge in [0.2, 0.25) is 5.95 Å². The van der Waals surface area contributed by atoms with Crippen LogP contribution in [0.25, 0.3) is 0 Å². The second-order valence-corrected chi connectivity index (χ2v) is 9.91. The SMILES string of the molecule is Cc1ccc(Cc2cnc(NCCSC(NC(N)=NC(=O)c3ccccc3)c3cscn3)[nH]c2=O)cn1. The predicted octanol–water partition coefficient (Wildman–Crippen LogP) is 3.11. The molecule has 0 saturated carbocycles. The maximum atomic E-state index is 12.5. The predicted molar refractivity (Wildman–Crippen MR) is 148 cm³/mol. The van der Waals surface area contributed by atoms with E-state index in [1.165, 1.54) is 23.1 Å². The van der Waals surface area contributed by atoms with Crippen LogP contribution >= 0.6 is 23.1 Å². The molecule has 0 spiro atoms. The molecular formula is C25H26N8O2S2. The van der Waals surface area contributed by atoms with Crippen LogP contribution in [0.4, 0.5) is 5.95 Å². The molecule has 37 heavy (non-hydrogen) atoms. The average molecular weight is 535 g/mol. The number of nitrogens with two attached hydrogens (primary N) is 1. The molecule has 0 aliphatic heterocycles. The van der Waals surface area contributed by atoms with Gasteiger partial charge in [-0.15, -0.1) is 23.1 Å². The van der Waals surface area contributed by atoms with Crippen LogP contribution in [0.3, 0.4) is 0 Å². The maximum absolute atomic E-state index is 12.5. The Morgan fingerprint density at radius 1 is 1.16 bits per heavy atom. The first kappa shape index (κ1) is 26.0. The summed E-state index contributed by atoms with van der Waals surface area (Å²) in [4.78, 5) is 44.5. The molecule has 4 rings (SSSR count). The smallest absolute Gasteiger partial charge is 0.280 e. The Morgan fingerprint density at radius 3 is 2.70 bits per heavy atom. The molecule has 0 aliphatic carbocycles. The summed E-state index contributed by atoms with van der Waals surface area (Å²) >= 11 is 3.00. The number of guanidine groups is 1. The van der Waals surface area contributed by atoms with Crippen molar-refractivity contribution in [3.63, 3.8) is 0 Å². The zero-order chi connectivity index (χ0) is 26.0. The fraction of sp³-hybridized carbons (Fsp3) is 0.200. The van der Waals surface area contributed by atoms with Gasteiger partial charge in [-0.2, -0.15) is 4.99 Å². The lowest BCUT2D eigenvalue weighted by Crippen LogP contribution is -2.35. The first-order valence-electron chi connectivity index (χ1n) is 11.4. The van der Waals surface area contributed by atoms with Gasteiger partial charge < -0.3 is 16.4 Å². The second-order valence-electron chi connectivity index (χ2n) is 7.97. The minimum absolute atomic E-state index is 0.0117. The fourth-order valence-corrected chi connectivity index (χ4v) is 4.90. The number of nitrogens with one attached hydrogen (secondary N) is 3. The lowest BCUT2D eigenvalue weighted by molar-refractivity contribution is 0.100. The highest BCUT2D eigenvalue weighted by molar-refractivity contribution is 7.99. The summed E-state index contributed by atoms with van der Waals surface area (Å²) in [5, 5.41) is 7.80. The standard InChI is InChI=1S/C25H26N8O2S2/c1-16-7-8-17(12-28-16)11-19-13-29-25(32-22(19)35)27-9-10-37-23(20-14-36-15-30-20)33-24(26)31-21(34)18-5-3-2-4-6-18/h2-8,12-15,23H,9-11H2,1H3,(H3,26,31,33,34)(H2,27,29,32,35). The Hall–Kier alpha value is -4.03. The van der Waals surface area contributed by atoms with Crippen molar-refractivity contribution in [1.82, 2.24) is 25.3 Å². The van der Waals surface area contributed by atoms with Gasteiger partial charge in [0.05, 0.1) is 11.2 Å². The van der Waals surface area contributed by atoms with Crippen molar-refractivity contribution < 1.29 is 4.79 Å². The third-order valence-electron chi connectivity index (χ3n) is 5.16. The number of amides is 1. The van der Waals surface area contributed by atoms with Crippen molar-refractivity contribution in [1.29, 1.82) is 0 Å². The van der Waals surface area contributed by atoms with Crippen LogP contribution < -0.4 is 21.9 Å². The summed E-state index contributed by atoms with van der Waals surface area (Å²) in [7, 11) is 0. The van der Waals surface area contributed by atoms with E-state index in [1.807, 2.05) is 30.5 Å². The molecule has 1 unspecified atom stereocenters. The third kappa shape index (κ3) is 7.72. The number of hydrogen-bond acceptors (Lipinski definition) is 8. The zero-order valence-electron chi connectivity index (χ0n) is 20.0. The molecule has 4 aromatic rings. The van der Waals surface area contributed by atoms with E-state index in [1.54, 1.807) is 42.2 Å². The van der Waals surface area contributed by atoms with Crippen LogP contribution in [0, 0.1) is 6.92 Å². The summed E-state index contributed by atoms with van der Waals surface area (Å²) < 4.78 is 0. The molecule has 0 radical (unpaired) electrons. The van der Waals surface area contributed by atoms with E-state index in [9.17, 15) is 9.59 Å². The van der Waals surface area contributed by atoms with Gasteiger partial charge in [0, 0.05) is 53.3 Å². The number of nitrogens with zero attached hydrogens (tertiary/aromatic N) is 4. The normalized spacial score (nSPS) is 12.2. The number of H-pyrrole nitrogens is 1. The van der Waals surface area contributed by atoms with E-state index in [2.05, 4.69) is 35.6 Å². The van der Waals surface area contributed by atoms with Gasteiger partial charge in [-0.3, -0.25) is 19.6 Å². The van der Waals surface area contributed by atoms with Crippen molar-refractivity contribution in [3.8, 4) is 0 Å². The van der Waals surface area contributed by atoms with Gasteiger partial charge in [-0.05, 0) is 30.7 Å². The van der Waals surface area contributed by atoms with Crippen LogP contribution in [0.5, 0.6) is 0 Å². The van der Waals surface area contributed by atoms with Gasteiger partial charge >= 0.3 is 0 Å². The van der Waals surface area contributed by atoms with Crippen molar-refractivity contribution in [2.45, 2.75) is 18.7 Å². The van der Waals surface area contributed by atoms with E-state index in [4.69, 9.17) is 5.73 Å².